The van der Waals surface area contributed by atoms with Crippen molar-refractivity contribution in [3.8, 4) is 11.3 Å². The van der Waals surface area contributed by atoms with Gasteiger partial charge in [-0.25, -0.2) is 4.98 Å². The fraction of sp³-hybridized carbons (Fsp3) is 0.0833. The molecule has 1 aromatic carbocycles. The average molecular weight is 245 g/mol. The maximum atomic E-state index is 9.37. The number of hydrogen-bond acceptors (Lipinski definition) is 4. The molecule has 0 unspecified atom stereocenters. The quantitative estimate of drug-likeness (QED) is 0.648. The summed E-state index contributed by atoms with van der Waals surface area (Å²) < 4.78 is 0. The first-order chi connectivity index (χ1) is 8.29. The van der Waals surface area contributed by atoms with Crippen molar-refractivity contribution >= 4 is 27.4 Å². The van der Waals surface area contributed by atoms with Crippen LogP contribution in [0.25, 0.3) is 22.2 Å². The number of nitrogens with one attached hydrogen (secondary N) is 1. The minimum Gasteiger partial charge on any atom is -0.392 e. The third kappa shape index (κ3) is 1.60. The van der Waals surface area contributed by atoms with Gasteiger partial charge in [-0.1, -0.05) is 12.1 Å². The van der Waals surface area contributed by atoms with Gasteiger partial charge in [0.2, 0.25) is 0 Å². The van der Waals surface area contributed by atoms with Crippen LogP contribution in [0.2, 0.25) is 0 Å². The van der Waals surface area contributed by atoms with Crippen LogP contribution in [0.15, 0.2) is 29.8 Å². The van der Waals surface area contributed by atoms with Crippen molar-refractivity contribution in [2.75, 3.05) is 5.73 Å². The van der Waals surface area contributed by atoms with Gasteiger partial charge in [-0.3, -0.25) is 0 Å². The number of H-pyrrole nitrogens is 1. The van der Waals surface area contributed by atoms with Gasteiger partial charge in [0.25, 0.3) is 0 Å². The number of rotatable bonds is 2. The molecule has 0 aliphatic rings. The fourth-order valence-corrected chi connectivity index (χ4v) is 2.57. The largest absolute Gasteiger partial charge is 0.392 e. The van der Waals surface area contributed by atoms with Gasteiger partial charge in [0.15, 0.2) is 5.13 Å². The number of aliphatic hydroxyl groups excluding tert-OH is 1. The normalized spacial score (nSPS) is 11.1. The molecule has 4 nitrogen and oxygen atoms in total. The first kappa shape index (κ1) is 10.3. The minimum absolute atomic E-state index is 0.0157. The van der Waals surface area contributed by atoms with E-state index in [1.807, 2.05) is 29.8 Å². The second-order valence-electron chi connectivity index (χ2n) is 3.77. The van der Waals surface area contributed by atoms with Crippen LogP contribution in [0, 0.1) is 0 Å². The second-order valence-corrected chi connectivity index (χ2v) is 4.66. The Hall–Kier alpha value is -1.85. The Kier molecular flexibility index (Phi) is 2.35. The minimum atomic E-state index is 0.0157. The number of aromatic amines is 1. The molecule has 0 amide bonds. The summed E-state index contributed by atoms with van der Waals surface area (Å²) >= 11 is 1.41. The Labute approximate surface area is 102 Å². The zero-order chi connectivity index (χ0) is 11.8. The van der Waals surface area contributed by atoms with E-state index in [4.69, 9.17) is 5.73 Å². The monoisotopic (exact) mass is 245 g/mol. The highest BCUT2D eigenvalue weighted by Gasteiger charge is 2.11. The summed E-state index contributed by atoms with van der Waals surface area (Å²) in [5, 5.41) is 12.9. The molecule has 3 aromatic rings. The van der Waals surface area contributed by atoms with E-state index in [2.05, 4.69) is 9.97 Å². The number of hydrogen-bond donors (Lipinski definition) is 3. The lowest BCUT2D eigenvalue weighted by atomic mass is 10.1. The topological polar surface area (TPSA) is 74.9 Å². The number of anilines is 1. The summed E-state index contributed by atoms with van der Waals surface area (Å²) in [5.41, 5.74) is 9.37. The highest BCUT2D eigenvalue weighted by atomic mass is 32.1. The van der Waals surface area contributed by atoms with Gasteiger partial charge < -0.3 is 15.8 Å². The number of fused-ring (bicyclic) bond motifs is 1. The maximum absolute atomic E-state index is 9.37. The summed E-state index contributed by atoms with van der Waals surface area (Å²) in [5.74, 6) is 0. The molecule has 2 heterocycles. The number of aromatic nitrogens is 2. The first-order valence-electron chi connectivity index (χ1n) is 5.21. The van der Waals surface area contributed by atoms with Crippen molar-refractivity contribution in [1.82, 2.24) is 9.97 Å². The Morgan fingerprint density at radius 1 is 1.41 bits per heavy atom. The molecule has 0 fully saturated rings. The highest BCUT2D eigenvalue weighted by molar-refractivity contribution is 7.13. The lowest BCUT2D eigenvalue weighted by Gasteiger charge is -2.01. The molecule has 0 aliphatic carbocycles. The lowest BCUT2D eigenvalue weighted by Crippen LogP contribution is -1.86. The van der Waals surface area contributed by atoms with E-state index in [1.54, 1.807) is 0 Å². The predicted molar refractivity (Wildman–Crippen MR) is 69.7 cm³/mol. The molecule has 0 saturated heterocycles. The van der Waals surface area contributed by atoms with Crippen LogP contribution in [0.1, 0.15) is 5.56 Å². The van der Waals surface area contributed by atoms with Crippen molar-refractivity contribution < 1.29 is 5.11 Å². The molecule has 0 radical (unpaired) electrons. The molecule has 0 spiro atoms. The summed E-state index contributed by atoms with van der Waals surface area (Å²) in [6.45, 7) is 0.0157. The van der Waals surface area contributed by atoms with E-state index in [0.29, 0.717) is 5.13 Å². The average Bonchev–Trinajstić information content (AvgIpc) is 2.94. The molecule has 17 heavy (non-hydrogen) atoms. The summed E-state index contributed by atoms with van der Waals surface area (Å²) in [4.78, 5) is 7.46. The van der Waals surface area contributed by atoms with Crippen molar-refractivity contribution in [2.24, 2.45) is 0 Å². The first-order valence-corrected chi connectivity index (χ1v) is 6.09. The second kappa shape index (κ2) is 3.87. The molecular weight excluding hydrogens is 234 g/mol. The molecule has 86 valence electrons. The van der Waals surface area contributed by atoms with Gasteiger partial charge >= 0.3 is 0 Å². The van der Waals surface area contributed by atoms with Gasteiger partial charge in [0.1, 0.15) is 0 Å². The highest BCUT2D eigenvalue weighted by Crippen LogP contribution is 2.32. The number of nitrogen functional groups attached to an aromatic ring is 1. The van der Waals surface area contributed by atoms with Crippen LogP contribution >= 0.6 is 11.3 Å². The SMILES string of the molecule is Nc1nc(-c2c[nH]c3cccc(CO)c23)cs1. The molecule has 5 heteroatoms. The molecule has 0 saturated carbocycles. The van der Waals surface area contributed by atoms with Gasteiger partial charge in [-0.05, 0) is 11.6 Å². The lowest BCUT2D eigenvalue weighted by molar-refractivity contribution is 0.283. The van der Waals surface area contributed by atoms with Crippen LogP contribution < -0.4 is 5.73 Å². The Morgan fingerprint density at radius 3 is 3.00 bits per heavy atom. The number of aliphatic hydroxyl groups is 1. The standard InChI is InChI=1S/C12H11N3OS/c13-12-15-10(6-17-12)8-4-14-9-3-1-2-7(5-16)11(8)9/h1-4,6,14,16H,5H2,(H2,13,15). The van der Waals surface area contributed by atoms with Crippen molar-refractivity contribution in [3.05, 3.63) is 35.3 Å². The van der Waals surface area contributed by atoms with Crippen molar-refractivity contribution in [3.63, 3.8) is 0 Å². The Bertz CT molecular complexity index is 671. The summed E-state index contributed by atoms with van der Waals surface area (Å²) in [6.07, 6.45) is 1.90. The van der Waals surface area contributed by atoms with Gasteiger partial charge in [0.05, 0.1) is 12.3 Å². The van der Waals surface area contributed by atoms with Crippen LogP contribution in [0.3, 0.4) is 0 Å². The zero-order valence-electron chi connectivity index (χ0n) is 8.97. The van der Waals surface area contributed by atoms with Crippen LogP contribution in [0.4, 0.5) is 5.13 Å². The smallest absolute Gasteiger partial charge is 0.180 e. The van der Waals surface area contributed by atoms with E-state index < -0.39 is 0 Å². The van der Waals surface area contributed by atoms with Crippen LogP contribution in [-0.2, 0) is 6.61 Å². The number of thiazole rings is 1. The third-order valence-corrected chi connectivity index (χ3v) is 3.43. The van der Waals surface area contributed by atoms with Crippen molar-refractivity contribution in [1.29, 1.82) is 0 Å². The molecule has 4 N–H and O–H groups in total. The van der Waals surface area contributed by atoms with E-state index in [9.17, 15) is 5.11 Å². The van der Waals surface area contributed by atoms with E-state index in [0.717, 1.165) is 27.7 Å². The molecule has 0 bridgehead atoms. The van der Waals surface area contributed by atoms with Crippen LogP contribution in [-0.4, -0.2) is 15.1 Å². The molecular formula is C12H11N3OS. The van der Waals surface area contributed by atoms with Crippen molar-refractivity contribution in [2.45, 2.75) is 6.61 Å². The molecule has 2 aromatic heterocycles. The molecule has 3 rings (SSSR count). The zero-order valence-corrected chi connectivity index (χ0v) is 9.79. The van der Waals surface area contributed by atoms with E-state index >= 15 is 0 Å². The number of nitrogens with zero attached hydrogens (tertiary/aromatic N) is 1. The van der Waals surface area contributed by atoms with E-state index in [1.165, 1.54) is 11.3 Å². The molecule has 0 atom stereocenters. The predicted octanol–water partition coefficient (Wildman–Crippen LogP) is 2.37. The van der Waals surface area contributed by atoms with Gasteiger partial charge in [-0.2, -0.15) is 0 Å². The summed E-state index contributed by atoms with van der Waals surface area (Å²) in [7, 11) is 0. The fourth-order valence-electron chi connectivity index (χ4n) is 2.01. The van der Waals surface area contributed by atoms with Crippen LogP contribution in [0.5, 0.6) is 0 Å². The maximum Gasteiger partial charge on any atom is 0.180 e. The Balaban J connectivity index is 2.30. The third-order valence-electron chi connectivity index (χ3n) is 2.76. The summed E-state index contributed by atoms with van der Waals surface area (Å²) in [6, 6.07) is 5.81. The van der Waals surface area contributed by atoms with Gasteiger partial charge in [0, 0.05) is 28.0 Å². The van der Waals surface area contributed by atoms with E-state index in [-0.39, 0.29) is 6.61 Å². The molecule has 0 aliphatic heterocycles. The Morgan fingerprint density at radius 2 is 2.29 bits per heavy atom. The number of nitrogens with two attached hydrogens (primary N) is 1. The van der Waals surface area contributed by atoms with Gasteiger partial charge in [-0.15, -0.1) is 11.3 Å². The number of benzene rings is 1.